The highest BCUT2D eigenvalue weighted by Crippen LogP contribution is 2.15. The first-order valence-electron chi connectivity index (χ1n) is 8.32. The molecule has 26 heavy (non-hydrogen) atoms. The fourth-order valence-electron chi connectivity index (χ4n) is 2.55. The van der Waals surface area contributed by atoms with Crippen LogP contribution in [0.4, 0.5) is 0 Å². The smallest absolute Gasteiger partial charge is 0.347 e. The number of esters is 1. The fourth-order valence-corrected chi connectivity index (χ4v) is 2.55. The predicted molar refractivity (Wildman–Crippen MR) is 98.2 cm³/mol. The minimum absolute atomic E-state index is 0.125. The monoisotopic (exact) mass is 352 g/mol. The normalized spacial score (nSPS) is 12.0. The van der Waals surface area contributed by atoms with Crippen LogP contribution in [0.15, 0.2) is 47.3 Å². The van der Waals surface area contributed by atoms with Crippen molar-refractivity contribution in [2.24, 2.45) is 0 Å². The van der Waals surface area contributed by atoms with Crippen molar-refractivity contribution in [3.05, 3.63) is 69.8 Å². The molecule has 0 aliphatic rings. The third-order valence-corrected chi connectivity index (χ3v) is 4.00. The summed E-state index contributed by atoms with van der Waals surface area (Å²) in [6, 6.07) is 12.8. The van der Waals surface area contributed by atoms with Crippen LogP contribution < -0.4 is 10.3 Å². The van der Waals surface area contributed by atoms with E-state index in [1.165, 1.54) is 0 Å². The molecule has 3 rings (SSSR count). The van der Waals surface area contributed by atoms with E-state index in [2.05, 4.69) is 9.97 Å². The summed E-state index contributed by atoms with van der Waals surface area (Å²) in [6.45, 7) is 5.34. The van der Waals surface area contributed by atoms with Crippen molar-refractivity contribution in [1.82, 2.24) is 9.97 Å². The van der Waals surface area contributed by atoms with Crippen molar-refractivity contribution in [2.45, 2.75) is 33.5 Å². The Kier molecular flexibility index (Phi) is 5.02. The largest absolute Gasteiger partial charge is 0.479 e. The molecule has 0 radical (unpaired) electrons. The van der Waals surface area contributed by atoms with Crippen LogP contribution in [0.2, 0.25) is 0 Å². The van der Waals surface area contributed by atoms with E-state index in [4.69, 9.17) is 9.47 Å². The molecule has 1 aromatic heterocycles. The van der Waals surface area contributed by atoms with Crippen LogP contribution in [0, 0.1) is 13.8 Å². The van der Waals surface area contributed by atoms with E-state index >= 15 is 0 Å². The van der Waals surface area contributed by atoms with Crippen LogP contribution in [-0.2, 0) is 16.1 Å². The van der Waals surface area contributed by atoms with E-state index < -0.39 is 12.1 Å². The molecule has 6 nitrogen and oxygen atoms in total. The Balaban J connectivity index is 1.67. The second-order valence-corrected chi connectivity index (χ2v) is 6.16. The first-order chi connectivity index (χ1) is 12.4. The van der Waals surface area contributed by atoms with Crippen LogP contribution in [0.3, 0.4) is 0 Å². The molecule has 0 fully saturated rings. The van der Waals surface area contributed by atoms with Crippen molar-refractivity contribution < 1.29 is 14.3 Å². The highest BCUT2D eigenvalue weighted by molar-refractivity contribution is 5.80. The van der Waals surface area contributed by atoms with Gasteiger partial charge in [0.25, 0.3) is 5.56 Å². The van der Waals surface area contributed by atoms with E-state index in [0.717, 1.165) is 11.1 Å². The number of rotatable bonds is 5. The van der Waals surface area contributed by atoms with E-state index in [1.54, 1.807) is 31.2 Å². The second-order valence-electron chi connectivity index (χ2n) is 6.16. The Bertz CT molecular complexity index is 993. The maximum atomic E-state index is 12.1. The fraction of sp³-hybridized carbons (Fsp3) is 0.250. The van der Waals surface area contributed by atoms with Crippen molar-refractivity contribution in [2.75, 3.05) is 0 Å². The quantitative estimate of drug-likeness (QED) is 0.714. The second kappa shape index (κ2) is 7.39. The molecule has 6 heteroatoms. The van der Waals surface area contributed by atoms with Gasteiger partial charge >= 0.3 is 5.97 Å². The molecule has 0 saturated heterocycles. The van der Waals surface area contributed by atoms with Gasteiger partial charge in [0.15, 0.2) is 6.10 Å². The third-order valence-electron chi connectivity index (χ3n) is 4.00. The minimum atomic E-state index is -0.772. The average Bonchev–Trinajstić information content (AvgIpc) is 2.62. The molecule has 1 N–H and O–H groups in total. The summed E-state index contributed by atoms with van der Waals surface area (Å²) < 4.78 is 10.8. The van der Waals surface area contributed by atoms with Gasteiger partial charge in [-0.05, 0) is 44.5 Å². The van der Waals surface area contributed by atoms with Gasteiger partial charge in [-0.2, -0.15) is 0 Å². The number of aromatic amines is 1. The van der Waals surface area contributed by atoms with Gasteiger partial charge in [-0.1, -0.05) is 29.8 Å². The Morgan fingerprint density at radius 2 is 1.88 bits per heavy atom. The van der Waals surface area contributed by atoms with Gasteiger partial charge in [0.2, 0.25) is 0 Å². The lowest BCUT2D eigenvalue weighted by atomic mass is 10.1. The summed E-state index contributed by atoms with van der Waals surface area (Å²) in [5.41, 5.74) is 2.34. The van der Waals surface area contributed by atoms with E-state index in [1.807, 2.05) is 32.0 Å². The lowest BCUT2D eigenvalue weighted by molar-refractivity contribution is -0.152. The summed E-state index contributed by atoms with van der Waals surface area (Å²) in [7, 11) is 0. The number of aryl methyl sites for hydroxylation is 2. The Hall–Kier alpha value is -3.15. The molecule has 0 saturated carbocycles. The molecule has 0 amide bonds. The first kappa shape index (κ1) is 17.7. The van der Waals surface area contributed by atoms with Crippen molar-refractivity contribution in [1.29, 1.82) is 0 Å². The molecule has 0 spiro atoms. The molecule has 0 aliphatic heterocycles. The van der Waals surface area contributed by atoms with E-state index in [0.29, 0.717) is 22.5 Å². The summed E-state index contributed by atoms with van der Waals surface area (Å²) in [4.78, 5) is 31.3. The molecule has 3 aromatic rings. The maximum absolute atomic E-state index is 12.1. The van der Waals surface area contributed by atoms with Gasteiger partial charge in [0, 0.05) is 0 Å². The Labute approximate surface area is 150 Å². The van der Waals surface area contributed by atoms with Crippen LogP contribution >= 0.6 is 0 Å². The lowest BCUT2D eigenvalue weighted by Gasteiger charge is -2.14. The van der Waals surface area contributed by atoms with Crippen molar-refractivity contribution in [3.63, 3.8) is 0 Å². The average molecular weight is 352 g/mol. The number of H-pyrrole nitrogens is 1. The molecule has 0 aliphatic carbocycles. The van der Waals surface area contributed by atoms with Crippen LogP contribution in [0.25, 0.3) is 10.9 Å². The van der Waals surface area contributed by atoms with Crippen LogP contribution in [-0.4, -0.2) is 22.0 Å². The van der Waals surface area contributed by atoms with Crippen LogP contribution in [0.1, 0.15) is 23.9 Å². The minimum Gasteiger partial charge on any atom is -0.479 e. The molecule has 1 unspecified atom stereocenters. The topological polar surface area (TPSA) is 81.3 Å². The highest BCUT2D eigenvalue weighted by Gasteiger charge is 2.17. The van der Waals surface area contributed by atoms with Gasteiger partial charge in [-0.15, -0.1) is 0 Å². The Morgan fingerprint density at radius 1 is 1.15 bits per heavy atom. The number of hydrogen-bond donors (Lipinski definition) is 1. The van der Waals surface area contributed by atoms with Gasteiger partial charge in [-0.3, -0.25) is 4.79 Å². The Morgan fingerprint density at radius 3 is 2.62 bits per heavy atom. The number of carbonyl (C=O) groups is 1. The van der Waals surface area contributed by atoms with Crippen molar-refractivity contribution >= 4 is 16.9 Å². The lowest BCUT2D eigenvalue weighted by Crippen LogP contribution is -2.26. The number of hydrogen-bond acceptors (Lipinski definition) is 5. The van der Waals surface area contributed by atoms with Crippen molar-refractivity contribution in [3.8, 4) is 5.75 Å². The van der Waals surface area contributed by atoms with Gasteiger partial charge in [-0.25, -0.2) is 9.78 Å². The zero-order chi connectivity index (χ0) is 18.7. The SMILES string of the molecule is Cc1ccc(OC(C)C(=O)OCc2nc3c(C)cccc3c(=O)[nH]2)cc1. The van der Waals surface area contributed by atoms with E-state index in [-0.39, 0.29) is 12.2 Å². The molecule has 134 valence electrons. The summed E-state index contributed by atoms with van der Waals surface area (Å²) in [6.07, 6.45) is -0.772. The maximum Gasteiger partial charge on any atom is 0.347 e. The zero-order valence-corrected chi connectivity index (χ0v) is 14.9. The number of ether oxygens (including phenoxy) is 2. The standard InChI is InChI=1S/C20H20N2O4/c1-12-7-9-15(10-8-12)26-14(3)20(24)25-11-17-21-18-13(2)5-4-6-16(18)19(23)22-17/h4-10,14H,11H2,1-3H3,(H,21,22,23). The van der Waals surface area contributed by atoms with E-state index in [9.17, 15) is 9.59 Å². The summed E-state index contributed by atoms with van der Waals surface area (Å²) in [5, 5.41) is 0.510. The summed E-state index contributed by atoms with van der Waals surface area (Å²) in [5.74, 6) is 0.360. The molecule has 1 heterocycles. The molecule has 1 atom stereocenters. The zero-order valence-electron chi connectivity index (χ0n) is 14.9. The number of carbonyl (C=O) groups excluding carboxylic acids is 1. The van der Waals surface area contributed by atoms with Gasteiger partial charge in [0.05, 0.1) is 10.9 Å². The highest BCUT2D eigenvalue weighted by atomic mass is 16.6. The number of para-hydroxylation sites is 1. The van der Waals surface area contributed by atoms with Gasteiger partial charge in [0.1, 0.15) is 18.2 Å². The summed E-state index contributed by atoms with van der Waals surface area (Å²) >= 11 is 0. The van der Waals surface area contributed by atoms with Gasteiger partial charge < -0.3 is 14.5 Å². The van der Waals surface area contributed by atoms with Crippen LogP contribution in [0.5, 0.6) is 5.75 Å². The molecular formula is C20H20N2O4. The number of nitrogens with zero attached hydrogens (tertiary/aromatic N) is 1. The number of nitrogens with one attached hydrogen (secondary N) is 1. The molecule has 0 bridgehead atoms. The number of aromatic nitrogens is 2. The molecular weight excluding hydrogens is 332 g/mol. The first-order valence-corrected chi connectivity index (χ1v) is 8.32. The number of fused-ring (bicyclic) bond motifs is 1. The third kappa shape index (κ3) is 3.91. The predicted octanol–water partition coefficient (Wildman–Crippen LogP) is 3.05. The number of benzene rings is 2. The molecule has 2 aromatic carbocycles.